The van der Waals surface area contributed by atoms with Gasteiger partial charge in [0, 0.05) is 0 Å². The minimum absolute atomic E-state index is 0.223. The fraction of sp³-hybridized carbons (Fsp3) is 0.222. The fourth-order valence-corrected chi connectivity index (χ4v) is 4.00. The molecule has 1 N–H and O–H groups in total. The Labute approximate surface area is 182 Å². The number of ether oxygens (including phenoxy) is 2. The van der Waals surface area contributed by atoms with Crippen LogP contribution in [-0.2, 0) is 0 Å². The van der Waals surface area contributed by atoms with Crippen molar-refractivity contribution in [3.05, 3.63) is 95.1 Å². The van der Waals surface area contributed by atoms with Gasteiger partial charge in [-0.3, -0.25) is 0 Å². The average Bonchev–Trinajstić information content (AvgIpc) is 3.31. The molecule has 0 saturated heterocycles. The van der Waals surface area contributed by atoms with Gasteiger partial charge in [0.05, 0.1) is 18.8 Å². The molecule has 1 fully saturated rings. The molecule has 0 atom stereocenters. The van der Waals surface area contributed by atoms with Crippen LogP contribution in [0, 0.1) is 0 Å². The average molecular weight is 415 g/mol. The summed E-state index contributed by atoms with van der Waals surface area (Å²) < 4.78 is 11.8. The fourth-order valence-electron chi connectivity index (χ4n) is 4.00. The number of hydrogen-bond donors (Lipinski definition) is 1. The third-order valence-corrected chi connectivity index (χ3v) is 5.60. The summed E-state index contributed by atoms with van der Waals surface area (Å²) in [6.07, 6.45) is 6.76. The van der Waals surface area contributed by atoms with E-state index in [-0.39, 0.29) is 11.7 Å². The van der Waals surface area contributed by atoms with Crippen molar-refractivity contribution in [3.63, 3.8) is 0 Å². The Morgan fingerprint density at radius 3 is 2.32 bits per heavy atom. The minimum atomic E-state index is -0.937. The van der Waals surface area contributed by atoms with E-state index < -0.39 is 5.97 Å². The van der Waals surface area contributed by atoms with E-state index in [2.05, 4.69) is 12.1 Å². The Morgan fingerprint density at radius 1 is 0.871 bits per heavy atom. The number of rotatable bonds is 7. The number of benzene rings is 3. The molecule has 0 radical (unpaired) electrons. The maximum Gasteiger partial charge on any atom is 0.335 e. The first-order valence-corrected chi connectivity index (χ1v) is 10.6. The lowest BCUT2D eigenvalue weighted by atomic mass is 9.95. The van der Waals surface area contributed by atoms with E-state index in [9.17, 15) is 9.90 Å². The second kappa shape index (κ2) is 9.52. The number of carboxylic acids is 1. The van der Waals surface area contributed by atoms with Gasteiger partial charge < -0.3 is 14.6 Å². The molecule has 3 aromatic rings. The van der Waals surface area contributed by atoms with E-state index in [0.29, 0.717) is 0 Å². The summed E-state index contributed by atoms with van der Waals surface area (Å²) >= 11 is 0. The van der Waals surface area contributed by atoms with Gasteiger partial charge in [-0.2, -0.15) is 0 Å². The van der Waals surface area contributed by atoms with E-state index in [4.69, 9.17) is 9.47 Å². The standard InChI is InChI=1S/C27H26O4/c1-30-25-15-14-21(18-26(25)31-23-12-5-6-13-23)24(20-9-3-2-4-10-20)17-19-8-7-11-22(16-19)27(28)29/h2-4,7-11,14-18,23H,5-6,12-13H2,1H3,(H,28,29)/b24-17+. The highest BCUT2D eigenvalue weighted by molar-refractivity contribution is 5.94. The Hall–Kier alpha value is -3.53. The molecule has 4 rings (SSSR count). The molecule has 4 nitrogen and oxygen atoms in total. The summed E-state index contributed by atoms with van der Waals surface area (Å²) in [6, 6.07) is 23.0. The number of carboxylic acid groups (broad SMARTS) is 1. The molecule has 0 heterocycles. The molecule has 158 valence electrons. The second-order valence-corrected chi connectivity index (χ2v) is 7.74. The molecule has 0 amide bonds. The van der Waals surface area contributed by atoms with Crippen LogP contribution in [0.3, 0.4) is 0 Å². The van der Waals surface area contributed by atoms with Crippen molar-refractivity contribution < 1.29 is 19.4 Å². The SMILES string of the molecule is COc1ccc(/C(=C/c2cccc(C(=O)O)c2)c2ccccc2)cc1OC1CCCC1. The van der Waals surface area contributed by atoms with Gasteiger partial charge in [0.15, 0.2) is 11.5 Å². The van der Waals surface area contributed by atoms with Gasteiger partial charge in [-0.25, -0.2) is 4.79 Å². The maximum absolute atomic E-state index is 11.4. The molecule has 4 heteroatoms. The van der Waals surface area contributed by atoms with Gasteiger partial charge in [0.2, 0.25) is 0 Å². The third-order valence-electron chi connectivity index (χ3n) is 5.60. The van der Waals surface area contributed by atoms with E-state index in [1.54, 1.807) is 25.3 Å². The number of methoxy groups -OCH3 is 1. The lowest BCUT2D eigenvalue weighted by molar-refractivity contribution is 0.0697. The second-order valence-electron chi connectivity index (χ2n) is 7.74. The molecule has 0 aliphatic heterocycles. The van der Waals surface area contributed by atoms with Gasteiger partial charge >= 0.3 is 5.97 Å². The highest BCUT2D eigenvalue weighted by Gasteiger charge is 2.19. The zero-order valence-corrected chi connectivity index (χ0v) is 17.6. The van der Waals surface area contributed by atoms with Gasteiger partial charge in [-0.15, -0.1) is 0 Å². The van der Waals surface area contributed by atoms with Crippen molar-refractivity contribution in [1.82, 2.24) is 0 Å². The van der Waals surface area contributed by atoms with E-state index >= 15 is 0 Å². The molecule has 0 unspecified atom stereocenters. The van der Waals surface area contributed by atoms with Crippen LogP contribution >= 0.6 is 0 Å². The molecule has 1 aliphatic carbocycles. The Morgan fingerprint density at radius 2 is 1.61 bits per heavy atom. The molecule has 1 saturated carbocycles. The van der Waals surface area contributed by atoms with Crippen molar-refractivity contribution in [3.8, 4) is 11.5 Å². The van der Waals surface area contributed by atoms with Crippen LogP contribution in [0.25, 0.3) is 11.6 Å². The van der Waals surface area contributed by atoms with E-state index in [0.717, 1.165) is 46.6 Å². The van der Waals surface area contributed by atoms with Crippen molar-refractivity contribution in [1.29, 1.82) is 0 Å². The number of carbonyl (C=O) groups is 1. The summed E-state index contributed by atoms with van der Waals surface area (Å²) in [5, 5.41) is 9.36. The van der Waals surface area contributed by atoms with Crippen LogP contribution in [0.5, 0.6) is 11.5 Å². The van der Waals surface area contributed by atoms with Crippen LogP contribution in [0.4, 0.5) is 0 Å². The van der Waals surface area contributed by atoms with Gasteiger partial charge in [0.1, 0.15) is 0 Å². The van der Waals surface area contributed by atoms with Crippen LogP contribution in [0.2, 0.25) is 0 Å². The van der Waals surface area contributed by atoms with Crippen LogP contribution in [0.15, 0.2) is 72.8 Å². The Kier molecular flexibility index (Phi) is 6.37. The summed E-state index contributed by atoms with van der Waals surface area (Å²) in [5.74, 6) is 0.525. The topological polar surface area (TPSA) is 55.8 Å². The molecule has 0 aromatic heterocycles. The third kappa shape index (κ3) is 4.97. The first-order chi connectivity index (χ1) is 15.1. The normalized spacial score (nSPS) is 14.4. The summed E-state index contributed by atoms with van der Waals surface area (Å²) in [6.45, 7) is 0. The van der Waals surface area contributed by atoms with Crippen LogP contribution < -0.4 is 9.47 Å². The van der Waals surface area contributed by atoms with Gasteiger partial charge in [-0.05, 0) is 78.3 Å². The molecule has 3 aromatic carbocycles. The zero-order valence-electron chi connectivity index (χ0n) is 17.6. The first-order valence-electron chi connectivity index (χ1n) is 10.6. The maximum atomic E-state index is 11.4. The van der Waals surface area contributed by atoms with Gasteiger partial charge in [-0.1, -0.05) is 48.5 Å². The largest absolute Gasteiger partial charge is 0.493 e. The summed E-state index contributed by atoms with van der Waals surface area (Å²) in [5.41, 5.74) is 4.11. The lowest BCUT2D eigenvalue weighted by Crippen LogP contribution is -2.11. The molecular weight excluding hydrogens is 388 g/mol. The Balaban J connectivity index is 1.79. The molecule has 31 heavy (non-hydrogen) atoms. The van der Waals surface area contributed by atoms with Crippen molar-refractivity contribution in [2.75, 3.05) is 7.11 Å². The smallest absolute Gasteiger partial charge is 0.335 e. The van der Waals surface area contributed by atoms with Crippen molar-refractivity contribution in [2.45, 2.75) is 31.8 Å². The number of hydrogen-bond acceptors (Lipinski definition) is 3. The molecule has 0 bridgehead atoms. The molecule has 1 aliphatic rings. The zero-order chi connectivity index (χ0) is 21.6. The first kappa shape index (κ1) is 20.7. The predicted octanol–water partition coefficient (Wildman–Crippen LogP) is 6.30. The summed E-state index contributed by atoms with van der Waals surface area (Å²) in [7, 11) is 1.65. The quantitative estimate of drug-likeness (QED) is 0.461. The van der Waals surface area contributed by atoms with E-state index in [1.807, 2.05) is 48.5 Å². The van der Waals surface area contributed by atoms with Crippen molar-refractivity contribution in [2.24, 2.45) is 0 Å². The highest BCUT2D eigenvalue weighted by Crippen LogP contribution is 2.36. The highest BCUT2D eigenvalue weighted by atomic mass is 16.5. The molecular formula is C27H26O4. The number of aromatic carboxylic acids is 1. The van der Waals surface area contributed by atoms with Crippen molar-refractivity contribution >= 4 is 17.6 Å². The van der Waals surface area contributed by atoms with E-state index in [1.165, 1.54) is 12.8 Å². The van der Waals surface area contributed by atoms with Gasteiger partial charge in [0.25, 0.3) is 0 Å². The minimum Gasteiger partial charge on any atom is -0.493 e. The summed E-state index contributed by atoms with van der Waals surface area (Å²) in [4.78, 5) is 11.4. The monoisotopic (exact) mass is 414 g/mol. The van der Waals surface area contributed by atoms with Crippen LogP contribution in [0.1, 0.15) is 52.7 Å². The molecule has 0 spiro atoms. The van der Waals surface area contributed by atoms with Crippen LogP contribution in [-0.4, -0.2) is 24.3 Å². The Bertz CT molecular complexity index is 1080. The predicted molar refractivity (Wildman–Crippen MR) is 123 cm³/mol. The lowest BCUT2D eigenvalue weighted by Gasteiger charge is -2.18.